The first-order valence-corrected chi connectivity index (χ1v) is 6.76. The number of ether oxygens (including phenoxy) is 1. The maximum atomic E-state index is 5.76. The summed E-state index contributed by atoms with van der Waals surface area (Å²) < 4.78 is 5.27. The van der Waals surface area contributed by atoms with Gasteiger partial charge in [-0.25, -0.2) is 5.43 Å². The Morgan fingerprint density at radius 1 is 1.05 bits per heavy atom. The molecule has 0 aliphatic rings. The number of hydrogen-bond acceptors (Lipinski definition) is 4. The number of hydrogen-bond donors (Lipinski definition) is 2. The van der Waals surface area contributed by atoms with E-state index in [9.17, 15) is 0 Å². The number of nitrogens with zero attached hydrogens (tertiary/aromatic N) is 1. The number of aromatic nitrogens is 1. The monoisotopic (exact) mass is 279 g/mol. The van der Waals surface area contributed by atoms with Crippen molar-refractivity contribution in [2.45, 2.75) is 6.04 Å². The maximum absolute atomic E-state index is 5.76. The number of hydrazine groups is 1. The summed E-state index contributed by atoms with van der Waals surface area (Å²) in [6.45, 7) is 0. The van der Waals surface area contributed by atoms with Gasteiger partial charge in [0.05, 0.1) is 18.7 Å². The Labute approximate surface area is 123 Å². The first-order chi connectivity index (χ1) is 10.3. The molecule has 0 aliphatic heterocycles. The Morgan fingerprint density at radius 3 is 2.71 bits per heavy atom. The van der Waals surface area contributed by atoms with Gasteiger partial charge in [0.25, 0.3) is 0 Å². The van der Waals surface area contributed by atoms with E-state index in [1.54, 1.807) is 13.3 Å². The third-order valence-corrected chi connectivity index (χ3v) is 3.56. The fourth-order valence-electron chi connectivity index (χ4n) is 2.47. The van der Waals surface area contributed by atoms with E-state index in [1.807, 2.05) is 36.4 Å². The first-order valence-electron chi connectivity index (χ1n) is 6.76. The minimum absolute atomic E-state index is 0.105. The summed E-state index contributed by atoms with van der Waals surface area (Å²) in [5.41, 5.74) is 5.94. The molecule has 0 radical (unpaired) electrons. The highest BCUT2D eigenvalue weighted by Crippen LogP contribution is 2.26. The minimum atomic E-state index is -0.105. The van der Waals surface area contributed by atoms with Gasteiger partial charge in [-0.3, -0.25) is 10.8 Å². The lowest BCUT2D eigenvalue weighted by Gasteiger charge is -2.18. The predicted octanol–water partition coefficient (Wildman–Crippen LogP) is 2.80. The first kappa shape index (κ1) is 13.5. The summed E-state index contributed by atoms with van der Waals surface area (Å²) in [5, 5.41) is 1.11. The molecule has 4 nitrogen and oxygen atoms in total. The fourth-order valence-corrected chi connectivity index (χ4v) is 2.47. The lowest BCUT2D eigenvalue weighted by atomic mass is 9.98. The van der Waals surface area contributed by atoms with Crippen LogP contribution in [0.25, 0.3) is 10.9 Å². The van der Waals surface area contributed by atoms with Crippen LogP contribution in [0.3, 0.4) is 0 Å². The number of nitrogens with two attached hydrogens (primary N) is 1. The molecule has 0 aliphatic carbocycles. The molecule has 0 amide bonds. The van der Waals surface area contributed by atoms with Crippen LogP contribution < -0.4 is 16.0 Å². The minimum Gasteiger partial charge on any atom is -0.497 e. The van der Waals surface area contributed by atoms with Gasteiger partial charge in [-0.2, -0.15) is 0 Å². The van der Waals surface area contributed by atoms with Crippen molar-refractivity contribution in [1.29, 1.82) is 0 Å². The molecule has 0 saturated carbocycles. The van der Waals surface area contributed by atoms with Gasteiger partial charge in [-0.05, 0) is 35.4 Å². The zero-order valence-corrected chi connectivity index (χ0v) is 11.8. The summed E-state index contributed by atoms with van der Waals surface area (Å²) in [6, 6.07) is 17.9. The Kier molecular flexibility index (Phi) is 3.81. The molecule has 1 atom stereocenters. The van der Waals surface area contributed by atoms with E-state index in [0.29, 0.717) is 0 Å². The number of pyridine rings is 1. The average molecular weight is 279 g/mol. The molecule has 3 aromatic rings. The maximum Gasteiger partial charge on any atom is 0.119 e. The van der Waals surface area contributed by atoms with E-state index in [1.165, 1.54) is 0 Å². The van der Waals surface area contributed by atoms with E-state index < -0.39 is 0 Å². The Balaban J connectivity index is 2.04. The van der Waals surface area contributed by atoms with Gasteiger partial charge in [0.15, 0.2) is 0 Å². The Bertz CT molecular complexity index is 758. The lowest BCUT2D eigenvalue weighted by Crippen LogP contribution is -2.28. The molecule has 106 valence electrons. The summed E-state index contributed by atoms with van der Waals surface area (Å²) in [4.78, 5) is 4.39. The number of benzene rings is 2. The molecule has 3 rings (SSSR count). The number of fused-ring (bicyclic) bond motifs is 1. The van der Waals surface area contributed by atoms with Crippen LogP contribution in [-0.4, -0.2) is 12.1 Å². The van der Waals surface area contributed by atoms with E-state index in [-0.39, 0.29) is 6.04 Å². The summed E-state index contributed by atoms with van der Waals surface area (Å²) in [6.07, 6.45) is 1.79. The van der Waals surface area contributed by atoms with Crippen LogP contribution in [0.5, 0.6) is 5.75 Å². The molecule has 1 heterocycles. The third-order valence-electron chi connectivity index (χ3n) is 3.56. The molecule has 1 unspecified atom stereocenters. The van der Waals surface area contributed by atoms with Gasteiger partial charge in [0.2, 0.25) is 0 Å². The number of nitrogens with one attached hydrogen (secondary N) is 1. The molecular formula is C17H17N3O. The van der Waals surface area contributed by atoms with Crippen molar-refractivity contribution in [3.63, 3.8) is 0 Å². The molecule has 0 bridgehead atoms. The summed E-state index contributed by atoms with van der Waals surface area (Å²) in [5.74, 6) is 6.57. The lowest BCUT2D eigenvalue weighted by molar-refractivity contribution is 0.413. The van der Waals surface area contributed by atoms with E-state index in [0.717, 1.165) is 27.8 Å². The van der Waals surface area contributed by atoms with E-state index in [4.69, 9.17) is 10.6 Å². The second-order valence-electron chi connectivity index (χ2n) is 4.83. The zero-order chi connectivity index (χ0) is 14.7. The number of methoxy groups -OCH3 is 1. The van der Waals surface area contributed by atoms with Gasteiger partial charge in [-0.15, -0.1) is 0 Å². The molecule has 4 heteroatoms. The van der Waals surface area contributed by atoms with Crippen molar-refractivity contribution in [2.75, 3.05) is 7.11 Å². The van der Waals surface area contributed by atoms with Crippen LogP contribution in [-0.2, 0) is 0 Å². The van der Waals surface area contributed by atoms with Gasteiger partial charge < -0.3 is 4.74 Å². The van der Waals surface area contributed by atoms with Gasteiger partial charge in [0.1, 0.15) is 5.75 Å². The van der Waals surface area contributed by atoms with E-state index >= 15 is 0 Å². The third kappa shape index (κ3) is 2.72. The highest BCUT2D eigenvalue weighted by molar-refractivity contribution is 5.79. The van der Waals surface area contributed by atoms with E-state index in [2.05, 4.69) is 28.6 Å². The van der Waals surface area contributed by atoms with Crippen molar-refractivity contribution in [1.82, 2.24) is 10.4 Å². The average Bonchev–Trinajstić information content (AvgIpc) is 2.56. The van der Waals surface area contributed by atoms with Crippen LogP contribution in [0.1, 0.15) is 17.2 Å². The van der Waals surface area contributed by atoms with Crippen molar-refractivity contribution < 1.29 is 4.74 Å². The Hall–Kier alpha value is -2.43. The van der Waals surface area contributed by atoms with Gasteiger partial charge in [-0.1, -0.05) is 30.3 Å². The summed E-state index contributed by atoms with van der Waals surface area (Å²) >= 11 is 0. The zero-order valence-electron chi connectivity index (χ0n) is 11.8. The largest absolute Gasteiger partial charge is 0.497 e. The number of rotatable bonds is 4. The quantitative estimate of drug-likeness (QED) is 0.569. The van der Waals surface area contributed by atoms with Crippen molar-refractivity contribution >= 4 is 10.9 Å². The molecule has 0 saturated heterocycles. The van der Waals surface area contributed by atoms with Gasteiger partial charge >= 0.3 is 0 Å². The molecule has 0 spiro atoms. The fraction of sp³-hybridized carbons (Fsp3) is 0.118. The molecule has 21 heavy (non-hydrogen) atoms. The highest BCUT2D eigenvalue weighted by atomic mass is 16.5. The van der Waals surface area contributed by atoms with Crippen LogP contribution in [0, 0.1) is 0 Å². The van der Waals surface area contributed by atoms with Crippen LogP contribution in [0.2, 0.25) is 0 Å². The van der Waals surface area contributed by atoms with Crippen molar-refractivity contribution in [2.24, 2.45) is 5.84 Å². The topological polar surface area (TPSA) is 60.2 Å². The Morgan fingerprint density at radius 2 is 1.90 bits per heavy atom. The normalized spacial score (nSPS) is 12.3. The SMILES string of the molecule is COc1cccc(C(NN)c2ccc3cccnc3c2)c1. The standard InChI is InChI=1S/C17H17N3O/c1-21-15-6-2-4-13(10-15)17(20-18)14-8-7-12-5-3-9-19-16(12)11-14/h2-11,17,20H,18H2,1H3. The van der Waals surface area contributed by atoms with Crippen LogP contribution in [0.4, 0.5) is 0 Å². The second kappa shape index (κ2) is 5.91. The summed E-state index contributed by atoms with van der Waals surface area (Å²) in [7, 11) is 1.66. The highest BCUT2D eigenvalue weighted by Gasteiger charge is 2.13. The molecule has 0 fully saturated rings. The van der Waals surface area contributed by atoms with Crippen molar-refractivity contribution in [3.05, 3.63) is 71.9 Å². The van der Waals surface area contributed by atoms with Gasteiger partial charge in [0, 0.05) is 11.6 Å². The molecule has 3 N–H and O–H groups in total. The second-order valence-corrected chi connectivity index (χ2v) is 4.83. The van der Waals surface area contributed by atoms with Crippen LogP contribution >= 0.6 is 0 Å². The molecule has 1 aromatic heterocycles. The molecule has 2 aromatic carbocycles. The van der Waals surface area contributed by atoms with Crippen molar-refractivity contribution in [3.8, 4) is 5.75 Å². The smallest absolute Gasteiger partial charge is 0.119 e. The van der Waals surface area contributed by atoms with Crippen LogP contribution in [0.15, 0.2) is 60.8 Å². The predicted molar refractivity (Wildman–Crippen MR) is 83.9 cm³/mol. The molecular weight excluding hydrogens is 262 g/mol.